The number of rotatable bonds is 8. The van der Waals surface area contributed by atoms with E-state index in [9.17, 15) is 27.6 Å². The summed E-state index contributed by atoms with van der Waals surface area (Å²) < 4.78 is 42.4. The Bertz CT molecular complexity index is 1100. The molecule has 2 aromatic carbocycles. The summed E-state index contributed by atoms with van der Waals surface area (Å²) >= 11 is 6.34. The van der Waals surface area contributed by atoms with Gasteiger partial charge in [-0.3, -0.25) is 14.4 Å². The molecule has 2 aromatic rings. The number of hydrogen-bond acceptors (Lipinski definition) is 4. The largest absolute Gasteiger partial charge is 0.573 e. The highest BCUT2D eigenvalue weighted by atomic mass is 35.5. The summed E-state index contributed by atoms with van der Waals surface area (Å²) in [5.41, 5.74) is 0.748. The van der Waals surface area contributed by atoms with Crippen molar-refractivity contribution < 1.29 is 38.8 Å². The minimum atomic E-state index is -4.87. The van der Waals surface area contributed by atoms with Gasteiger partial charge >= 0.3 is 12.3 Å². The van der Waals surface area contributed by atoms with Crippen LogP contribution in [0.25, 0.3) is 11.1 Å². The fraction of sp³-hybridized carbons (Fsp3) is 0.375. The smallest absolute Gasteiger partial charge is 0.481 e. The first-order valence-corrected chi connectivity index (χ1v) is 11.4. The summed E-state index contributed by atoms with van der Waals surface area (Å²) in [5, 5.41) is 11.6. The number of piperidine rings is 1. The van der Waals surface area contributed by atoms with Crippen LogP contribution in [-0.4, -0.2) is 46.7 Å². The number of likely N-dealkylation sites (tertiary alicyclic amines) is 1. The molecule has 0 aliphatic carbocycles. The Morgan fingerprint density at radius 2 is 1.86 bits per heavy atom. The van der Waals surface area contributed by atoms with Crippen molar-refractivity contribution in [1.82, 2.24) is 4.90 Å². The second kappa shape index (κ2) is 11.4. The summed E-state index contributed by atoms with van der Waals surface area (Å²) in [5.74, 6) is -2.08. The van der Waals surface area contributed by atoms with E-state index in [0.717, 1.165) is 12.8 Å². The maximum absolute atomic E-state index is 13.0. The van der Waals surface area contributed by atoms with Crippen LogP contribution >= 0.6 is 11.6 Å². The highest BCUT2D eigenvalue weighted by Crippen LogP contribution is 2.38. The molecule has 0 saturated carbocycles. The van der Waals surface area contributed by atoms with Gasteiger partial charge in [0.05, 0.1) is 5.02 Å². The SMILES string of the molecule is O=C(O)CCCC(=O)N1CCCC[C@@H]1C(=O)Nc1ccc(-c2ccccc2OC(F)(F)F)c(Cl)c1.[HH]. The Hall–Kier alpha value is -3.27. The van der Waals surface area contributed by atoms with Crippen LogP contribution in [0, 0.1) is 0 Å². The molecule has 1 aliphatic heterocycles. The number of ether oxygens (including phenoxy) is 1. The van der Waals surface area contributed by atoms with Crippen molar-refractivity contribution in [2.24, 2.45) is 0 Å². The Balaban J connectivity index is 0.00000456. The van der Waals surface area contributed by atoms with Gasteiger partial charge in [-0.15, -0.1) is 13.2 Å². The summed E-state index contributed by atoms with van der Waals surface area (Å²) in [6.45, 7) is 0.402. The Morgan fingerprint density at radius 1 is 1.11 bits per heavy atom. The normalized spacial score (nSPS) is 16.0. The Kier molecular flexibility index (Phi) is 8.61. The van der Waals surface area contributed by atoms with Crippen LogP contribution in [0.3, 0.4) is 0 Å². The number of nitrogens with zero attached hydrogens (tertiary/aromatic N) is 1. The van der Waals surface area contributed by atoms with Gasteiger partial charge < -0.3 is 20.1 Å². The van der Waals surface area contributed by atoms with E-state index in [0.29, 0.717) is 18.7 Å². The quantitative estimate of drug-likeness (QED) is 0.469. The van der Waals surface area contributed by atoms with E-state index < -0.39 is 30.0 Å². The molecule has 3 rings (SSSR count). The van der Waals surface area contributed by atoms with Crippen molar-refractivity contribution in [3.05, 3.63) is 47.5 Å². The number of carbonyl (C=O) groups is 3. The van der Waals surface area contributed by atoms with E-state index in [1.54, 1.807) is 6.07 Å². The molecule has 0 aromatic heterocycles. The molecule has 0 radical (unpaired) electrons. The third kappa shape index (κ3) is 7.35. The lowest BCUT2D eigenvalue weighted by Gasteiger charge is -2.34. The second-order valence-corrected chi connectivity index (χ2v) is 8.48. The highest BCUT2D eigenvalue weighted by molar-refractivity contribution is 6.33. The second-order valence-electron chi connectivity index (χ2n) is 8.07. The number of hydrogen-bond donors (Lipinski definition) is 2. The number of para-hydroxylation sites is 1. The molecule has 1 heterocycles. The van der Waals surface area contributed by atoms with Crippen LogP contribution in [0.5, 0.6) is 5.75 Å². The van der Waals surface area contributed by atoms with Gasteiger partial charge in [0.2, 0.25) is 11.8 Å². The first-order valence-electron chi connectivity index (χ1n) is 11.0. The van der Waals surface area contributed by atoms with Gasteiger partial charge in [0, 0.05) is 37.6 Å². The molecule has 35 heavy (non-hydrogen) atoms. The molecule has 7 nitrogen and oxygen atoms in total. The van der Waals surface area contributed by atoms with Crippen LogP contribution in [0.4, 0.5) is 18.9 Å². The number of amides is 2. The number of halogens is 4. The number of benzene rings is 2. The number of carboxylic acid groups (broad SMARTS) is 1. The van der Waals surface area contributed by atoms with Crippen molar-refractivity contribution in [3.63, 3.8) is 0 Å². The summed E-state index contributed by atoms with van der Waals surface area (Å²) in [4.78, 5) is 37.7. The van der Waals surface area contributed by atoms with Gasteiger partial charge in [-0.2, -0.15) is 0 Å². The summed E-state index contributed by atoms with van der Waals surface area (Å²) in [6.07, 6.45) is -2.80. The van der Waals surface area contributed by atoms with Crippen LogP contribution in [-0.2, 0) is 14.4 Å². The fourth-order valence-corrected chi connectivity index (χ4v) is 4.26. The first kappa shape index (κ1) is 26.3. The average molecular weight is 515 g/mol. The molecule has 2 N–H and O–H groups in total. The number of carboxylic acids is 1. The lowest BCUT2D eigenvalue weighted by Crippen LogP contribution is -2.50. The molecular weight excluding hydrogens is 489 g/mol. The van der Waals surface area contributed by atoms with Gasteiger partial charge in [-0.1, -0.05) is 35.9 Å². The fourth-order valence-electron chi connectivity index (χ4n) is 3.98. The molecule has 1 aliphatic rings. The molecular formula is C24H26ClF3N2O5. The van der Waals surface area contributed by atoms with Gasteiger partial charge in [0.25, 0.3) is 0 Å². The highest BCUT2D eigenvalue weighted by Gasteiger charge is 2.33. The molecule has 11 heteroatoms. The molecule has 190 valence electrons. The van der Waals surface area contributed by atoms with Gasteiger partial charge in [0.15, 0.2) is 0 Å². The summed E-state index contributed by atoms with van der Waals surface area (Å²) in [7, 11) is 0. The minimum Gasteiger partial charge on any atom is -0.481 e. The number of anilines is 1. The van der Waals surface area contributed by atoms with Gasteiger partial charge in [-0.05, 0) is 43.9 Å². The number of nitrogens with one attached hydrogen (secondary N) is 1. The Labute approximate surface area is 206 Å². The van der Waals surface area contributed by atoms with E-state index in [-0.39, 0.29) is 42.7 Å². The molecule has 1 saturated heterocycles. The third-order valence-electron chi connectivity index (χ3n) is 5.55. The Morgan fingerprint density at radius 3 is 2.54 bits per heavy atom. The van der Waals surface area contributed by atoms with Crippen LogP contribution in [0.1, 0.15) is 40.0 Å². The third-order valence-corrected chi connectivity index (χ3v) is 5.86. The lowest BCUT2D eigenvalue weighted by molar-refractivity contribution is -0.274. The maximum Gasteiger partial charge on any atom is 0.573 e. The molecule has 1 fully saturated rings. The minimum absolute atomic E-state index is 0. The number of alkyl halides is 3. The van der Waals surface area contributed by atoms with Crippen molar-refractivity contribution in [1.29, 1.82) is 0 Å². The maximum atomic E-state index is 13.0. The molecule has 0 unspecified atom stereocenters. The average Bonchev–Trinajstić information content (AvgIpc) is 2.78. The van der Waals surface area contributed by atoms with Crippen molar-refractivity contribution in [2.45, 2.75) is 50.9 Å². The van der Waals surface area contributed by atoms with Crippen molar-refractivity contribution in [2.75, 3.05) is 11.9 Å². The van der Waals surface area contributed by atoms with E-state index >= 15 is 0 Å². The molecule has 0 bridgehead atoms. The monoisotopic (exact) mass is 514 g/mol. The van der Waals surface area contributed by atoms with Crippen LogP contribution < -0.4 is 10.1 Å². The molecule has 1 atom stereocenters. The van der Waals surface area contributed by atoms with Gasteiger partial charge in [-0.25, -0.2) is 0 Å². The van der Waals surface area contributed by atoms with Crippen LogP contribution in [0.2, 0.25) is 5.02 Å². The standard InChI is InChI=1S/C24H24ClF3N2O5.H2/c25-18-14-15(11-12-16(18)17-6-1-2-8-20(17)35-24(26,27)28)29-23(34)19-7-3-4-13-30(19)21(31)9-5-10-22(32)33;/h1-2,6,8,11-12,14,19H,3-5,7,9-10,13H2,(H,29,34)(H,32,33);1H/t19-;/m1./s1. The topological polar surface area (TPSA) is 95.9 Å². The predicted molar refractivity (Wildman–Crippen MR) is 125 cm³/mol. The van der Waals surface area contributed by atoms with Crippen LogP contribution in [0.15, 0.2) is 42.5 Å². The summed E-state index contributed by atoms with van der Waals surface area (Å²) in [6, 6.07) is 9.27. The van der Waals surface area contributed by atoms with E-state index in [1.807, 2.05) is 0 Å². The van der Waals surface area contributed by atoms with E-state index in [4.69, 9.17) is 16.7 Å². The first-order chi connectivity index (χ1) is 16.5. The van der Waals surface area contributed by atoms with Crippen molar-refractivity contribution >= 4 is 35.1 Å². The van der Waals surface area contributed by atoms with E-state index in [2.05, 4.69) is 10.1 Å². The molecule has 2 amide bonds. The lowest BCUT2D eigenvalue weighted by atomic mass is 10.00. The zero-order chi connectivity index (χ0) is 25.6. The number of carbonyl (C=O) groups excluding carboxylic acids is 2. The van der Waals surface area contributed by atoms with Gasteiger partial charge in [0.1, 0.15) is 11.8 Å². The van der Waals surface area contributed by atoms with E-state index in [1.165, 1.54) is 41.3 Å². The molecule has 0 spiro atoms. The zero-order valence-electron chi connectivity index (χ0n) is 18.6. The predicted octanol–water partition coefficient (Wildman–Crippen LogP) is 5.73. The zero-order valence-corrected chi connectivity index (χ0v) is 19.4. The van der Waals surface area contributed by atoms with Crippen molar-refractivity contribution in [3.8, 4) is 16.9 Å². The number of aliphatic carboxylic acids is 1.